The standard InChI is InChI=1S/C16H22N2O/c1-2-18(15-5-3-4-6-15)11-12-19-16-9-7-14(13-17)8-10-16/h7-10,15H,2-6,11-12H2,1H3. The predicted molar refractivity (Wildman–Crippen MR) is 76.2 cm³/mol. The Bertz CT molecular complexity index is 415. The fraction of sp³-hybridized carbons (Fsp3) is 0.562. The lowest BCUT2D eigenvalue weighted by Gasteiger charge is -2.27. The van der Waals surface area contributed by atoms with Crippen LogP contribution < -0.4 is 4.74 Å². The molecule has 1 aliphatic carbocycles. The average Bonchev–Trinajstić information content (AvgIpc) is 2.98. The number of nitriles is 1. The molecule has 19 heavy (non-hydrogen) atoms. The van der Waals surface area contributed by atoms with E-state index in [-0.39, 0.29) is 0 Å². The second-order valence-electron chi connectivity index (χ2n) is 5.05. The van der Waals surface area contributed by atoms with E-state index in [9.17, 15) is 0 Å². The minimum absolute atomic E-state index is 0.675. The molecule has 3 heteroatoms. The fourth-order valence-electron chi connectivity index (χ4n) is 2.77. The molecule has 1 fully saturated rings. The number of benzene rings is 1. The molecule has 2 rings (SSSR count). The van der Waals surface area contributed by atoms with Gasteiger partial charge in [0, 0.05) is 12.6 Å². The van der Waals surface area contributed by atoms with Gasteiger partial charge < -0.3 is 4.74 Å². The van der Waals surface area contributed by atoms with Crippen molar-refractivity contribution < 1.29 is 4.74 Å². The van der Waals surface area contributed by atoms with Crippen LogP contribution in [0, 0.1) is 11.3 Å². The summed E-state index contributed by atoms with van der Waals surface area (Å²) in [7, 11) is 0. The molecule has 0 aromatic heterocycles. The Morgan fingerprint density at radius 3 is 2.53 bits per heavy atom. The quantitative estimate of drug-likeness (QED) is 0.786. The Labute approximate surface area is 115 Å². The molecular formula is C16H22N2O. The zero-order chi connectivity index (χ0) is 13.5. The minimum Gasteiger partial charge on any atom is -0.492 e. The van der Waals surface area contributed by atoms with Gasteiger partial charge in [-0.15, -0.1) is 0 Å². The number of ether oxygens (including phenoxy) is 1. The number of hydrogen-bond donors (Lipinski definition) is 0. The summed E-state index contributed by atoms with van der Waals surface area (Å²) in [4.78, 5) is 2.52. The van der Waals surface area contributed by atoms with E-state index in [4.69, 9.17) is 10.00 Å². The van der Waals surface area contributed by atoms with Crippen molar-refractivity contribution >= 4 is 0 Å². The van der Waals surface area contributed by atoms with E-state index < -0.39 is 0 Å². The van der Waals surface area contributed by atoms with Crippen LogP contribution in [0.5, 0.6) is 5.75 Å². The van der Waals surface area contributed by atoms with Crippen molar-refractivity contribution in [2.45, 2.75) is 38.6 Å². The molecule has 0 saturated heterocycles. The summed E-state index contributed by atoms with van der Waals surface area (Å²) in [5, 5.41) is 8.73. The van der Waals surface area contributed by atoms with Gasteiger partial charge in [0.25, 0.3) is 0 Å². The van der Waals surface area contributed by atoms with Crippen LogP contribution >= 0.6 is 0 Å². The Kier molecular flexibility index (Phi) is 5.23. The maximum Gasteiger partial charge on any atom is 0.119 e. The van der Waals surface area contributed by atoms with E-state index >= 15 is 0 Å². The van der Waals surface area contributed by atoms with E-state index in [0.29, 0.717) is 5.56 Å². The van der Waals surface area contributed by atoms with E-state index in [2.05, 4.69) is 17.9 Å². The van der Waals surface area contributed by atoms with Crippen LogP contribution in [0.1, 0.15) is 38.2 Å². The first-order chi connectivity index (χ1) is 9.33. The largest absolute Gasteiger partial charge is 0.492 e. The highest BCUT2D eigenvalue weighted by molar-refractivity contribution is 5.34. The van der Waals surface area contributed by atoms with Crippen LogP contribution in [0.15, 0.2) is 24.3 Å². The number of likely N-dealkylation sites (N-methyl/N-ethyl adjacent to an activating group) is 1. The first-order valence-electron chi connectivity index (χ1n) is 7.20. The van der Waals surface area contributed by atoms with Gasteiger partial charge in [0.2, 0.25) is 0 Å². The maximum atomic E-state index is 8.73. The number of rotatable bonds is 6. The third-order valence-corrected chi connectivity index (χ3v) is 3.88. The molecule has 1 saturated carbocycles. The number of nitrogens with zero attached hydrogens (tertiary/aromatic N) is 2. The zero-order valence-electron chi connectivity index (χ0n) is 11.6. The average molecular weight is 258 g/mol. The van der Waals surface area contributed by atoms with Gasteiger partial charge in [0.1, 0.15) is 12.4 Å². The van der Waals surface area contributed by atoms with E-state index in [1.54, 1.807) is 12.1 Å². The molecule has 3 nitrogen and oxygen atoms in total. The molecular weight excluding hydrogens is 236 g/mol. The topological polar surface area (TPSA) is 36.3 Å². The van der Waals surface area contributed by atoms with Crippen molar-refractivity contribution in [3.8, 4) is 11.8 Å². The Balaban J connectivity index is 1.76. The second-order valence-corrected chi connectivity index (χ2v) is 5.05. The molecule has 0 heterocycles. The molecule has 1 aromatic carbocycles. The van der Waals surface area contributed by atoms with Gasteiger partial charge in [-0.25, -0.2) is 0 Å². The van der Waals surface area contributed by atoms with Gasteiger partial charge in [0.05, 0.1) is 11.6 Å². The smallest absolute Gasteiger partial charge is 0.119 e. The van der Waals surface area contributed by atoms with Crippen molar-refractivity contribution in [1.29, 1.82) is 5.26 Å². The van der Waals surface area contributed by atoms with E-state index in [0.717, 1.165) is 31.5 Å². The summed E-state index contributed by atoms with van der Waals surface area (Å²) in [6.07, 6.45) is 5.42. The number of hydrogen-bond acceptors (Lipinski definition) is 3. The molecule has 0 atom stereocenters. The highest BCUT2D eigenvalue weighted by Gasteiger charge is 2.20. The molecule has 0 radical (unpaired) electrons. The van der Waals surface area contributed by atoms with Crippen LogP contribution in [0.3, 0.4) is 0 Å². The van der Waals surface area contributed by atoms with Crippen molar-refractivity contribution in [2.75, 3.05) is 19.7 Å². The molecule has 0 bridgehead atoms. The monoisotopic (exact) mass is 258 g/mol. The highest BCUT2D eigenvalue weighted by atomic mass is 16.5. The third kappa shape index (κ3) is 3.97. The van der Waals surface area contributed by atoms with Gasteiger partial charge >= 0.3 is 0 Å². The lowest BCUT2D eigenvalue weighted by atomic mass is 10.2. The lowest BCUT2D eigenvalue weighted by molar-refractivity contribution is 0.168. The summed E-state index contributed by atoms with van der Waals surface area (Å²) in [6, 6.07) is 10.2. The second kappa shape index (κ2) is 7.16. The van der Waals surface area contributed by atoms with Crippen molar-refractivity contribution in [3.05, 3.63) is 29.8 Å². The van der Waals surface area contributed by atoms with E-state index in [1.807, 2.05) is 12.1 Å². The summed E-state index contributed by atoms with van der Waals surface area (Å²) in [5.74, 6) is 0.849. The first kappa shape index (κ1) is 13.9. The normalized spacial score (nSPS) is 15.6. The summed E-state index contributed by atoms with van der Waals surface area (Å²) < 4.78 is 5.75. The molecule has 0 unspecified atom stereocenters. The van der Waals surface area contributed by atoms with E-state index in [1.165, 1.54) is 25.7 Å². The molecule has 1 aliphatic rings. The summed E-state index contributed by atoms with van der Waals surface area (Å²) >= 11 is 0. The third-order valence-electron chi connectivity index (χ3n) is 3.88. The molecule has 0 aliphatic heterocycles. The maximum absolute atomic E-state index is 8.73. The van der Waals surface area contributed by atoms with Crippen LogP contribution in [0.25, 0.3) is 0 Å². The van der Waals surface area contributed by atoms with Gasteiger partial charge in [-0.2, -0.15) is 5.26 Å². The molecule has 0 amide bonds. The molecule has 1 aromatic rings. The van der Waals surface area contributed by atoms with Gasteiger partial charge in [-0.05, 0) is 43.7 Å². The van der Waals surface area contributed by atoms with Gasteiger partial charge in [-0.1, -0.05) is 19.8 Å². The first-order valence-corrected chi connectivity index (χ1v) is 7.20. The molecule has 0 spiro atoms. The zero-order valence-corrected chi connectivity index (χ0v) is 11.6. The molecule has 0 N–H and O–H groups in total. The van der Waals surface area contributed by atoms with Crippen LogP contribution in [0.4, 0.5) is 0 Å². The van der Waals surface area contributed by atoms with Crippen LogP contribution in [-0.2, 0) is 0 Å². The van der Waals surface area contributed by atoms with Crippen LogP contribution in [-0.4, -0.2) is 30.6 Å². The minimum atomic E-state index is 0.675. The van der Waals surface area contributed by atoms with Crippen molar-refractivity contribution in [1.82, 2.24) is 4.90 Å². The highest BCUT2D eigenvalue weighted by Crippen LogP contribution is 2.23. The van der Waals surface area contributed by atoms with Crippen molar-refractivity contribution in [2.24, 2.45) is 0 Å². The molecule has 102 valence electrons. The fourth-order valence-corrected chi connectivity index (χ4v) is 2.77. The van der Waals surface area contributed by atoms with Gasteiger partial charge in [0.15, 0.2) is 0 Å². The lowest BCUT2D eigenvalue weighted by Crippen LogP contribution is -2.36. The predicted octanol–water partition coefficient (Wildman–Crippen LogP) is 3.20. The van der Waals surface area contributed by atoms with Gasteiger partial charge in [-0.3, -0.25) is 4.90 Å². The van der Waals surface area contributed by atoms with Crippen molar-refractivity contribution in [3.63, 3.8) is 0 Å². The Morgan fingerprint density at radius 2 is 1.95 bits per heavy atom. The summed E-state index contributed by atoms with van der Waals surface area (Å²) in [5.41, 5.74) is 0.675. The SMILES string of the molecule is CCN(CCOc1ccc(C#N)cc1)C1CCCC1. The summed E-state index contributed by atoms with van der Waals surface area (Å²) in [6.45, 7) is 5.03. The Hall–Kier alpha value is -1.53. The Morgan fingerprint density at radius 1 is 1.26 bits per heavy atom. The van der Waals surface area contributed by atoms with Crippen LogP contribution in [0.2, 0.25) is 0 Å².